The highest BCUT2D eigenvalue weighted by Gasteiger charge is 2.39. The van der Waals surface area contributed by atoms with Gasteiger partial charge in [-0.15, -0.1) is 0 Å². The lowest BCUT2D eigenvalue weighted by atomic mass is 9.99. The lowest BCUT2D eigenvalue weighted by Crippen LogP contribution is -2.57. The van der Waals surface area contributed by atoms with Gasteiger partial charge in [-0.2, -0.15) is 0 Å². The largest absolute Gasteiger partial charge is 0.331 e. The Labute approximate surface area is 111 Å². The smallest absolute Gasteiger partial charge is 0.277 e. The van der Waals surface area contributed by atoms with E-state index in [-0.39, 0.29) is 6.54 Å². The van der Waals surface area contributed by atoms with Gasteiger partial charge < -0.3 is 0 Å². The van der Waals surface area contributed by atoms with Crippen molar-refractivity contribution < 1.29 is 14.4 Å². The molecule has 0 bridgehead atoms. The average Bonchev–Trinajstić information content (AvgIpc) is 2.41. The first-order valence-electron chi connectivity index (χ1n) is 6.33. The van der Waals surface area contributed by atoms with Crippen LogP contribution in [0.25, 0.3) is 0 Å². The molecule has 5 heteroatoms. The molecule has 100 valence electrons. The molecule has 1 heterocycles. The predicted molar refractivity (Wildman–Crippen MR) is 68.9 cm³/mol. The van der Waals surface area contributed by atoms with Crippen molar-refractivity contribution in [1.82, 2.24) is 10.2 Å². The van der Waals surface area contributed by atoms with Gasteiger partial charge in [-0.05, 0) is 12.0 Å². The minimum atomic E-state index is -0.744. The minimum absolute atomic E-state index is 0.193. The van der Waals surface area contributed by atoms with Crippen LogP contribution >= 0.6 is 0 Å². The Morgan fingerprint density at radius 3 is 2.47 bits per heavy atom. The van der Waals surface area contributed by atoms with E-state index in [1.807, 2.05) is 37.3 Å². The van der Waals surface area contributed by atoms with Crippen LogP contribution in [0, 0.1) is 5.92 Å². The molecule has 1 unspecified atom stereocenters. The molecule has 1 aliphatic heterocycles. The van der Waals surface area contributed by atoms with Crippen molar-refractivity contribution >= 4 is 17.8 Å². The lowest BCUT2D eigenvalue weighted by Gasteiger charge is -2.30. The van der Waals surface area contributed by atoms with Gasteiger partial charge >= 0.3 is 6.03 Å². The molecule has 1 aliphatic rings. The van der Waals surface area contributed by atoms with Crippen LogP contribution in [0.15, 0.2) is 30.3 Å². The Balaban J connectivity index is 2.17. The maximum atomic E-state index is 12.2. The Hall–Kier alpha value is -2.17. The van der Waals surface area contributed by atoms with Gasteiger partial charge in [-0.1, -0.05) is 43.7 Å². The molecule has 2 rings (SSSR count). The second-order valence-electron chi connectivity index (χ2n) is 4.55. The van der Waals surface area contributed by atoms with Gasteiger partial charge in [0.2, 0.25) is 11.8 Å². The first-order valence-corrected chi connectivity index (χ1v) is 6.33. The van der Waals surface area contributed by atoms with Gasteiger partial charge in [0.1, 0.15) is 5.92 Å². The highest BCUT2D eigenvalue weighted by molar-refractivity contribution is 6.16. The summed E-state index contributed by atoms with van der Waals surface area (Å²) in [5.41, 5.74) is 0.857. The number of rotatable bonds is 4. The van der Waals surface area contributed by atoms with Gasteiger partial charge in [0.15, 0.2) is 0 Å². The van der Waals surface area contributed by atoms with Crippen molar-refractivity contribution in [3.05, 3.63) is 35.9 Å². The number of nitrogens with one attached hydrogen (secondary N) is 1. The van der Waals surface area contributed by atoms with E-state index in [2.05, 4.69) is 5.32 Å². The standard InChI is InChI=1S/C14H16N2O3/c1-2-6-11-12(17)15-14(19)16(13(11)18)9-10-7-4-3-5-8-10/h3-5,7-8,11H,2,6,9H2,1H3,(H,15,17,19). The van der Waals surface area contributed by atoms with Crippen LogP contribution in [-0.4, -0.2) is 22.7 Å². The molecule has 5 nitrogen and oxygen atoms in total. The fourth-order valence-electron chi connectivity index (χ4n) is 2.12. The second kappa shape index (κ2) is 5.65. The van der Waals surface area contributed by atoms with Crippen molar-refractivity contribution in [2.24, 2.45) is 5.92 Å². The molecule has 0 aliphatic carbocycles. The van der Waals surface area contributed by atoms with Crippen molar-refractivity contribution in [3.8, 4) is 0 Å². The molecule has 0 saturated carbocycles. The van der Waals surface area contributed by atoms with E-state index >= 15 is 0 Å². The number of urea groups is 1. The van der Waals surface area contributed by atoms with Crippen LogP contribution in [0.5, 0.6) is 0 Å². The number of imide groups is 2. The summed E-state index contributed by atoms with van der Waals surface area (Å²) >= 11 is 0. The fourth-order valence-corrected chi connectivity index (χ4v) is 2.12. The number of barbiturate groups is 1. The van der Waals surface area contributed by atoms with E-state index in [1.54, 1.807) is 0 Å². The minimum Gasteiger partial charge on any atom is -0.277 e. The van der Waals surface area contributed by atoms with Crippen molar-refractivity contribution in [2.45, 2.75) is 26.3 Å². The van der Waals surface area contributed by atoms with Gasteiger partial charge in [0, 0.05) is 0 Å². The van der Waals surface area contributed by atoms with Crippen LogP contribution < -0.4 is 5.32 Å². The average molecular weight is 260 g/mol. The molecule has 0 radical (unpaired) electrons. The fraction of sp³-hybridized carbons (Fsp3) is 0.357. The summed E-state index contributed by atoms with van der Waals surface area (Å²) in [4.78, 5) is 36.7. The summed E-state index contributed by atoms with van der Waals surface area (Å²) in [5.74, 6) is -1.63. The predicted octanol–water partition coefficient (Wildman–Crippen LogP) is 1.68. The molecule has 1 N–H and O–H groups in total. The number of hydrogen-bond acceptors (Lipinski definition) is 3. The van der Waals surface area contributed by atoms with Gasteiger partial charge in [0.25, 0.3) is 0 Å². The quantitative estimate of drug-likeness (QED) is 0.837. The molecule has 0 spiro atoms. The Morgan fingerprint density at radius 1 is 1.16 bits per heavy atom. The normalized spacial score (nSPS) is 19.5. The summed E-state index contributed by atoms with van der Waals surface area (Å²) in [5, 5.41) is 2.24. The van der Waals surface area contributed by atoms with E-state index in [4.69, 9.17) is 0 Å². The molecule has 0 aromatic heterocycles. The molecular formula is C14H16N2O3. The Morgan fingerprint density at radius 2 is 1.84 bits per heavy atom. The van der Waals surface area contributed by atoms with E-state index in [1.165, 1.54) is 0 Å². The van der Waals surface area contributed by atoms with Crippen molar-refractivity contribution in [1.29, 1.82) is 0 Å². The van der Waals surface area contributed by atoms with Crippen LogP contribution in [-0.2, 0) is 16.1 Å². The molecular weight excluding hydrogens is 244 g/mol. The van der Waals surface area contributed by atoms with Crippen LogP contribution in [0.3, 0.4) is 0 Å². The SMILES string of the molecule is CCCC1C(=O)NC(=O)N(Cc2ccccc2)C1=O. The first-order chi connectivity index (χ1) is 9.13. The molecule has 1 fully saturated rings. The number of hydrogen-bond donors (Lipinski definition) is 1. The Kier molecular flexibility index (Phi) is 3.94. The van der Waals surface area contributed by atoms with Crippen molar-refractivity contribution in [3.63, 3.8) is 0 Å². The summed E-state index contributed by atoms with van der Waals surface area (Å²) in [6.07, 6.45) is 1.18. The Bertz CT molecular complexity index is 499. The maximum absolute atomic E-state index is 12.2. The molecule has 1 saturated heterocycles. The van der Waals surface area contributed by atoms with Gasteiger partial charge in [-0.25, -0.2) is 4.79 Å². The zero-order valence-corrected chi connectivity index (χ0v) is 10.8. The van der Waals surface area contributed by atoms with Crippen molar-refractivity contribution in [2.75, 3.05) is 0 Å². The number of nitrogens with zero attached hydrogens (tertiary/aromatic N) is 1. The first kappa shape index (κ1) is 13.3. The summed E-state index contributed by atoms with van der Waals surface area (Å²) in [7, 11) is 0. The zero-order chi connectivity index (χ0) is 13.8. The number of carbonyl (C=O) groups excluding carboxylic acids is 3. The molecule has 1 aromatic carbocycles. The lowest BCUT2D eigenvalue weighted by molar-refractivity contribution is -0.143. The third-order valence-corrected chi connectivity index (χ3v) is 3.12. The molecule has 1 aromatic rings. The van der Waals surface area contributed by atoms with Crippen LogP contribution in [0.2, 0.25) is 0 Å². The van der Waals surface area contributed by atoms with Crippen LogP contribution in [0.4, 0.5) is 4.79 Å². The van der Waals surface area contributed by atoms with E-state index < -0.39 is 23.8 Å². The summed E-state index contributed by atoms with van der Waals surface area (Å²) < 4.78 is 0. The second-order valence-corrected chi connectivity index (χ2v) is 4.55. The third kappa shape index (κ3) is 2.81. The van der Waals surface area contributed by atoms with Gasteiger partial charge in [-0.3, -0.25) is 19.8 Å². The number of amides is 4. The van der Waals surface area contributed by atoms with Crippen LogP contribution in [0.1, 0.15) is 25.3 Å². The topological polar surface area (TPSA) is 66.5 Å². The number of carbonyl (C=O) groups is 3. The third-order valence-electron chi connectivity index (χ3n) is 3.12. The van der Waals surface area contributed by atoms with E-state index in [0.717, 1.165) is 16.9 Å². The zero-order valence-electron chi connectivity index (χ0n) is 10.8. The van der Waals surface area contributed by atoms with E-state index in [9.17, 15) is 14.4 Å². The monoisotopic (exact) mass is 260 g/mol. The highest BCUT2D eigenvalue weighted by Crippen LogP contribution is 2.18. The summed E-state index contributed by atoms with van der Waals surface area (Å²) in [6, 6.07) is 8.60. The van der Waals surface area contributed by atoms with Gasteiger partial charge in [0.05, 0.1) is 6.54 Å². The van der Waals surface area contributed by atoms with E-state index in [0.29, 0.717) is 6.42 Å². The summed E-state index contributed by atoms with van der Waals surface area (Å²) in [6.45, 7) is 2.09. The molecule has 4 amide bonds. The number of benzene rings is 1. The highest BCUT2D eigenvalue weighted by atomic mass is 16.2. The molecule has 19 heavy (non-hydrogen) atoms. The maximum Gasteiger partial charge on any atom is 0.331 e. The molecule has 1 atom stereocenters.